The van der Waals surface area contributed by atoms with Gasteiger partial charge >= 0.3 is 0 Å². The molecular formula is C18H16N2OS. The third-order valence-electron chi connectivity index (χ3n) is 4.01. The Labute approximate surface area is 132 Å². The van der Waals surface area contributed by atoms with Crippen molar-refractivity contribution < 1.29 is 5.11 Å². The van der Waals surface area contributed by atoms with Crippen molar-refractivity contribution in [3.8, 4) is 0 Å². The molecule has 0 amide bonds. The van der Waals surface area contributed by atoms with E-state index < -0.39 is 6.10 Å². The van der Waals surface area contributed by atoms with Crippen molar-refractivity contribution in [3.05, 3.63) is 66.7 Å². The third-order valence-corrected chi connectivity index (χ3v) is 5.16. The van der Waals surface area contributed by atoms with Crippen LogP contribution in [0.15, 0.2) is 61.2 Å². The SMILES string of the molecule is OC(CCn1ccnc1)c1ccc2sc3ccccc3c2c1. The highest BCUT2D eigenvalue weighted by Crippen LogP contribution is 2.35. The number of benzene rings is 2. The number of nitrogens with zero attached hydrogens (tertiary/aromatic N) is 2. The maximum Gasteiger partial charge on any atom is 0.0945 e. The molecule has 1 atom stereocenters. The van der Waals surface area contributed by atoms with Gasteiger partial charge in [-0.3, -0.25) is 0 Å². The van der Waals surface area contributed by atoms with E-state index in [2.05, 4.69) is 41.4 Å². The zero-order valence-corrected chi connectivity index (χ0v) is 12.8. The highest BCUT2D eigenvalue weighted by Gasteiger charge is 2.11. The van der Waals surface area contributed by atoms with Gasteiger partial charge < -0.3 is 9.67 Å². The van der Waals surface area contributed by atoms with E-state index in [4.69, 9.17) is 0 Å². The molecule has 1 unspecified atom stereocenters. The summed E-state index contributed by atoms with van der Waals surface area (Å²) in [5.41, 5.74) is 0.983. The minimum atomic E-state index is -0.453. The van der Waals surface area contributed by atoms with Crippen LogP contribution in [0, 0.1) is 0 Å². The molecule has 22 heavy (non-hydrogen) atoms. The van der Waals surface area contributed by atoms with E-state index in [1.54, 1.807) is 23.9 Å². The minimum absolute atomic E-state index is 0.453. The standard InChI is InChI=1S/C18H16N2OS/c21-16(7-9-20-10-8-19-12-20)13-5-6-18-15(11-13)14-3-1-2-4-17(14)22-18/h1-6,8,10-12,16,21H,7,9H2. The molecule has 0 aliphatic heterocycles. The summed E-state index contributed by atoms with van der Waals surface area (Å²) in [7, 11) is 0. The van der Waals surface area contributed by atoms with E-state index >= 15 is 0 Å². The molecule has 110 valence electrons. The zero-order valence-electron chi connectivity index (χ0n) is 12.0. The topological polar surface area (TPSA) is 38.0 Å². The smallest absolute Gasteiger partial charge is 0.0945 e. The maximum absolute atomic E-state index is 10.5. The molecule has 3 nitrogen and oxygen atoms in total. The molecule has 2 aromatic carbocycles. The quantitative estimate of drug-likeness (QED) is 0.608. The summed E-state index contributed by atoms with van der Waals surface area (Å²) in [6.45, 7) is 0.767. The Hall–Kier alpha value is -2.17. The van der Waals surface area contributed by atoms with Gasteiger partial charge in [0.1, 0.15) is 0 Å². The van der Waals surface area contributed by atoms with Gasteiger partial charge in [0.15, 0.2) is 0 Å². The van der Waals surface area contributed by atoms with Crippen LogP contribution in [0.25, 0.3) is 20.2 Å². The first-order valence-electron chi connectivity index (χ1n) is 7.36. The van der Waals surface area contributed by atoms with Crippen LogP contribution in [0.2, 0.25) is 0 Å². The Bertz CT molecular complexity index is 911. The summed E-state index contributed by atoms with van der Waals surface area (Å²) < 4.78 is 4.55. The summed E-state index contributed by atoms with van der Waals surface area (Å²) in [5.74, 6) is 0. The lowest BCUT2D eigenvalue weighted by molar-refractivity contribution is 0.161. The fraction of sp³-hybridized carbons (Fsp3) is 0.167. The zero-order chi connectivity index (χ0) is 14.9. The lowest BCUT2D eigenvalue weighted by Gasteiger charge is -2.11. The molecular weight excluding hydrogens is 292 g/mol. The first kappa shape index (κ1) is 13.5. The average Bonchev–Trinajstić information content (AvgIpc) is 3.19. The Morgan fingerprint density at radius 3 is 2.82 bits per heavy atom. The highest BCUT2D eigenvalue weighted by atomic mass is 32.1. The van der Waals surface area contributed by atoms with Crippen LogP contribution in [0.5, 0.6) is 0 Å². The van der Waals surface area contributed by atoms with Crippen LogP contribution >= 0.6 is 11.3 Å². The van der Waals surface area contributed by atoms with Gasteiger partial charge in [-0.15, -0.1) is 11.3 Å². The number of aromatic nitrogens is 2. The van der Waals surface area contributed by atoms with E-state index in [9.17, 15) is 5.11 Å². The van der Waals surface area contributed by atoms with Gasteiger partial charge in [0.05, 0.1) is 12.4 Å². The van der Waals surface area contributed by atoms with Gasteiger partial charge in [-0.2, -0.15) is 0 Å². The van der Waals surface area contributed by atoms with Crippen LogP contribution in [-0.4, -0.2) is 14.7 Å². The molecule has 2 heterocycles. The molecule has 0 radical (unpaired) electrons. The first-order valence-corrected chi connectivity index (χ1v) is 8.18. The van der Waals surface area contributed by atoms with Crippen molar-refractivity contribution in [1.29, 1.82) is 0 Å². The van der Waals surface area contributed by atoms with Crippen LogP contribution in [0.4, 0.5) is 0 Å². The van der Waals surface area contributed by atoms with Crippen LogP contribution in [-0.2, 0) is 6.54 Å². The third kappa shape index (κ3) is 2.40. The fourth-order valence-electron chi connectivity index (χ4n) is 2.81. The summed E-state index contributed by atoms with van der Waals surface area (Å²) in [6, 6.07) is 14.7. The summed E-state index contributed by atoms with van der Waals surface area (Å²) in [4.78, 5) is 4.02. The van der Waals surface area contributed by atoms with Crippen LogP contribution < -0.4 is 0 Å². The second-order valence-electron chi connectivity index (χ2n) is 5.46. The van der Waals surface area contributed by atoms with E-state index in [-0.39, 0.29) is 0 Å². The number of aryl methyl sites for hydroxylation is 1. The van der Waals surface area contributed by atoms with E-state index in [0.717, 1.165) is 12.1 Å². The number of aliphatic hydroxyl groups excluding tert-OH is 1. The van der Waals surface area contributed by atoms with E-state index in [1.165, 1.54) is 20.2 Å². The van der Waals surface area contributed by atoms with Gasteiger partial charge in [-0.25, -0.2) is 4.98 Å². The molecule has 1 N–H and O–H groups in total. The normalized spacial score (nSPS) is 13.0. The van der Waals surface area contributed by atoms with Crippen molar-refractivity contribution in [3.63, 3.8) is 0 Å². The number of imidazole rings is 1. The van der Waals surface area contributed by atoms with Crippen molar-refractivity contribution in [2.45, 2.75) is 19.1 Å². The van der Waals surface area contributed by atoms with E-state index in [0.29, 0.717) is 6.42 Å². The van der Waals surface area contributed by atoms with Gasteiger partial charge in [-0.05, 0) is 30.2 Å². The van der Waals surface area contributed by atoms with Crippen molar-refractivity contribution in [2.75, 3.05) is 0 Å². The monoisotopic (exact) mass is 308 g/mol. The lowest BCUT2D eigenvalue weighted by atomic mass is 10.0. The summed E-state index contributed by atoms with van der Waals surface area (Å²) in [6.07, 6.45) is 5.69. The summed E-state index contributed by atoms with van der Waals surface area (Å²) >= 11 is 1.80. The predicted octanol–water partition coefficient (Wildman–Crippen LogP) is 4.37. The molecule has 2 aromatic heterocycles. The molecule has 0 fully saturated rings. The maximum atomic E-state index is 10.5. The van der Waals surface area contributed by atoms with Crippen molar-refractivity contribution in [1.82, 2.24) is 9.55 Å². The second-order valence-corrected chi connectivity index (χ2v) is 6.54. The van der Waals surface area contributed by atoms with Crippen molar-refractivity contribution >= 4 is 31.5 Å². The number of thiophene rings is 1. The number of fused-ring (bicyclic) bond motifs is 3. The molecule has 0 saturated heterocycles. The second kappa shape index (κ2) is 5.55. The molecule has 4 heteroatoms. The molecule has 0 aliphatic rings. The molecule has 0 aliphatic carbocycles. The molecule has 0 spiro atoms. The lowest BCUT2D eigenvalue weighted by Crippen LogP contribution is -2.03. The average molecular weight is 308 g/mol. The van der Waals surface area contributed by atoms with Crippen LogP contribution in [0.1, 0.15) is 18.1 Å². The Morgan fingerprint density at radius 1 is 1.09 bits per heavy atom. The Kier molecular flexibility index (Phi) is 3.41. The molecule has 4 aromatic rings. The molecule has 0 saturated carbocycles. The predicted molar refractivity (Wildman–Crippen MR) is 91.1 cm³/mol. The number of rotatable bonds is 4. The van der Waals surface area contributed by atoms with Crippen LogP contribution in [0.3, 0.4) is 0 Å². The fourth-order valence-corrected chi connectivity index (χ4v) is 3.89. The largest absolute Gasteiger partial charge is 0.388 e. The first-order chi connectivity index (χ1) is 10.8. The number of hydrogen-bond donors (Lipinski definition) is 1. The highest BCUT2D eigenvalue weighted by molar-refractivity contribution is 7.25. The number of aliphatic hydroxyl groups is 1. The van der Waals surface area contributed by atoms with E-state index in [1.807, 2.05) is 16.8 Å². The van der Waals surface area contributed by atoms with Gasteiger partial charge in [0.2, 0.25) is 0 Å². The van der Waals surface area contributed by atoms with Gasteiger partial charge in [-0.1, -0.05) is 24.3 Å². The summed E-state index contributed by atoms with van der Waals surface area (Å²) in [5, 5.41) is 13.0. The Balaban J connectivity index is 1.65. The minimum Gasteiger partial charge on any atom is -0.388 e. The van der Waals surface area contributed by atoms with Crippen molar-refractivity contribution in [2.24, 2.45) is 0 Å². The number of hydrogen-bond acceptors (Lipinski definition) is 3. The van der Waals surface area contributed by atoms with Gasteiger partial charge in [0, 0.05) is 39.1 Å². The molecule has 0 bridgehead atoms. The Morgan fingerprint density at radius 2 is 1.95 bits per heavy atom. The molecule has 4 rings (SSSR count). The van der Waals surface area contributed by atoms with Gasteiger partial charge in [0.25, 0.3) is 0 Å².